The third-order valence-corrected chi connectivity index (χ3v) is 3.33. The predicted molar refractivity (Wildman–Crippen MR) is 76.8 cm³/mol. The van der Waals surface area contributed by atoms with Crippen molar-refractivity contribution in [2.45, 2.75) is 6.18 Å². The molecule has 6 nitrogen and oxygen atoms in total. The minimum atomic E-state index is -4.46. The number of alkyl halides is 3. The van der Waals surface area contributed by atoms with Crippen molar-refractivity contribution in [2.75, 3.05) is 25.2 Å². The third kappa shape index (κ3) is 5.40. The summed E-state index contributed by atoms with van der Waals surface area (Å²) in [5, 5.41) is 6.58. The molecular formula is C13H12F3N3O3S. The number of carbonyl (C=O) groups excluding carboxylic acids is 1. The Morgan fingerprint density at radius 3 is 2.39 bits per heavy atom. The van der Waals surface area contributed by atoms with Crippen LogP contribution in [-0.4, -0.2) is 42.5 Å². The first-order valence-corrected chi connectivity index (χ1v) is 7.14. The molecule has 0 bridgehead atoms. The zero-order chi connectivity index (χ0) is 16.9. The van der Waals surface area contributed by atoms with Crippen LogP contribution in [0.4, 0.5) is 18.9 Å². The Labute approximate surface area is 133 Å². The van der Waals surface area contributed by atoms with Gasteiger partial charge in [0.1, 0.15) is 0 Å². The third-order valence-electron chi connectivity index (χ3n) is 2.58. The fourth-order valence-electron chi connectivity index (χ4n) is 1.47. The lowest BCUT2D eigenvalue weighted by Crippen LogP contribution is -2.31. The lowest BCUT2D eigenvalue weighted by atomic mass is 10.3. The minimum absolute atomic E-state index is 0.0445. The van der Waals surface area contributed by atoms with Gasteiger partial charge in [-0.2, -0.15) is 13.2 Å². The molecular weight excluding hydrogens is 335 g/mol. The van der Waals surface area contributed by atoms with Crippen LogP contribution in [0.15, 0.2) is 30.3 Å². The van der Waals surface area contributed by atoms with Crippen molar-refractivity contribution in [3.05, 3.63) is 30.3 Å². The van der Waals surface area contributed by atoms with Crippen molar-refractivity contribution in [2.24, 2.45) is 0 Å². The number of benzene rings is 1. The molecule has 1 aromatic carbocycles. The van der Waals surface area contributed by atoms with Crippen LogP contribution in [0.25, 0.3) is 0 Å². The van der Waals surface area contributed by atoms with Gasteiger partial charge in [0.2, 0.25) is 0 Å². The van der Waals surface area contributed by atoms with Gasteiger partial charge in [-0.05, 0) is 23.5 Å². The summed E-state index contributed by atoms with van der Waals surface area (Å²) in [6.45, 7) is -1.78. The van der Waals surface area contributed by atoms with Gasteiger partial charge in [-0.25, -0.2) is 0 Å². The summed E-state index contributed by atoms with van der Waals surface area (Å²) < 4.78 is 45.5. The van der Waals surface area contributed by atoms with E-state index in [2.05, 4.69) is 14.9 Å². The molecule has 2 aromatic rings. The van der Waals surface area contributed by atoms with Crippen LogP contribution in [-0.2, 0) is 4.79 Å². The van der Waals surface area contributed by atoms with Crippen molar-refractivity contribution in [1.29, 1.82) is 0 Å². The molecule has 0 fully saturated rings. The maximum Gasteiger partial charge on any atom is 0.422 e. The summed E-state index contributed by atoms with van der Waals surface area (Å²) in [4.78, 5) is 13.3. The number of likely N-dealkylation sites (N-methyl/N-ethyl adjacent to an activating group) is 1. The van der Waals surface area contributed by atoms with E-state index >= 15 is 0 Å². The summed E-state index contributed by atoms with van der Waals surface area (Å²) in [5.74, 6) is -0.343. The van der Waals surface area contributed by atoms with Crippen LogP contribution in [0.1, 0.15) is 0 Å². The second kappa shape index (κ2) is 7.27. The maximum absolute atomic E-state index is 12.0. The molecule has 0 atom stereocenters. The van der Waals surface area contributed by atoms with Crippen LogP contribution in [0.3, 0.4) is 0 Å². The number of halogens is 3. The SMILES string of the molecule is CN(C(=O)COc1nnc(OCC(F)(F)F)s1)c1ccccc1. The molecule has 0 radical (unpaired) electrons. The topological polar surface area (TPSA) is 64.6 Å². The Kier molecular flexibility index (Phi) is 5.37. The highest BCUT2D eigenvalue weighted by atomic mass is 32.1. The number of hydrogen-bond acceptors (Lipinski definition) is 6. The summed E-state index contributed by atoms with van der Waals surface area (Å²) >= 11 is 0.686. The molecule has 0 saturated heterocycles. The summed E-state index contributed by atoms with van der Waals surface area (Å²) in [6, 6.07) is 8.91. The molecule has 23 heavy (non-hydrogen) atoms. The lowest BCUT2D eigenvalue weighted by Gasteiger charge is -2.16. The van der Waals surface area contributed by atoms with Crippen LogP contribution < -0.4 is 14.4 Å². The van der Waals surface area contributed by atoms with E-state index in [1.165, 1.54) is 4.90 Å². The number of ether oxygens (including phenoxy) is 2. The van der Waals surface area contributed by atoms with Gasteiger partial charge in [0, 0.05) is 12.7 Å². The van der Waals surface area contributed by atoms with E-state index < -0.39 is 12.8 Å². The van der Waals surface area contributed by atoms with Gasteiger partial charge in [0.15, 0.2) is 13.2 Å². The number of nitrogens with zero attached hydrogens (tertiary/aromatic N) is 3. The van der Waals surface area contributed by atoms with Gasteiger partial charge in [-0.3, -0.25) is 4.79 Å². The largest absolute Gasteiger partial charge is 0.459 e. The van der Waals surface area contributed by atoms with Crippen LogP contribution in [0.2, 0.25) is 0 Å². The zero-order valence-corrected chi connectivity index (χ0v) is 12.7. The van der Waals surface area contributed by atoms with Gasteiger partial charge in [0.25, 0.3) is 16.3 Å². The molecule has 0 unspecified atom stereocenters. The molecule has 1 aromatic heterocycles. The second-order valence-corrected chi connectivity index (χ2v) is 5.22. The number of anilines is 1. The summed E-state index contributed by atoms with van der Waals surface area (Å²) in [6.07, 6.45) is -4.46. The molecule has 1 amide bonds. The molecule has 0 aliphatic heterocycles. The molecule has 0 spiro atoms. The Bertz CT molecular complexity index is 649. The van der Waals surface area contributed by atoms with E-state index in [0.717, 1.165) is 0 Å². The first-order chi connectivity index (χ1) is 10.8. The van der Waals surface area contributed by atoms with Crippen LogP contribution in [0.5, 0.6) is 10.4 Å². The highest BCUT2D eigenvalue weighted by Gasteiger charge is 2.29. The number of carbonyl (C=O) groups is 1. The normalized spacial score (nSPS) is 11.1. The number of hydrogen-bond donors (Lipinski definition) is 0. The van der Waals surface area contributed by atoms with E-state index in [1.54, 1.807) is 31.3 Å². The van der Waals surface area contributed by atoms with E-state index in [9.17, 15) is 18.0 Å². The monoisotopic (exact) mass is 347 g/mol. The molecule has 0 N–H and O–H groups in total. The van der Waals surface area contributed by atoms with Gasteiger partial charge in [-0.15, -0.1) is 0 Å². The molecule has 0 aliphatic carbocycles. The second-order valence-electron chi connectivity index (χ2n) is 4.31. The average Bonchev–Trinajstić information content (AvgIpc) is 2.98. The Hall–Kier alpha value is -2.36. The van der Waals surface area contributed by atoms with Crippen molar-refractivity contribution < 1.29 is 27.4 Å². The molecule has 124 valence electrons. The zero-order valence-electron chi connectivity index (χ0n) is 11.9. The van der Waals surface area contributed by atoms with Gasteiger partial charge in [0.05, 0.1) is 0 Å². The summed E-state index contributed by atoms with van der Waals surface area (Å²) in [7, 11) is 1.58. The minimum Gasteiger partial charge on any atom is -0.459 e. The quantitative estimate of drug-likeness (QED) is 0.803. The number of aromatic nitrogens is 2. The molecule has 1 heterocycles. The molecule has 2 rings (SSSR count). The number of para-hydroxylation sites is 1. The maximum atomic E-state index is 12.0. The van der Waals surface area contributed by atoms with E-state index in [4.69, 9.17) is 4.74 Å². The molecule has 0 aliphatic rings. The van der Waals surface area contributed by atoms with E-state index in [0.29, 0.717) is 17.0 Å². The fourth-order valence-corrected chi connectivity index (χ4v) is 2.02. The Morgan fingerprint density at radius 1 is 1.17 bits per heavy atom. The molecule has 10 heteroatoms. The highest BCUT2D eigenvalue weighted by molar-refractivity contribution is 7.14. The first kappa shape index (κ1) is 17.0. The summed E-state index contributed by atoms with van der Waals surface area (Å²) in [5.41, 5.74) is 0.688. The Balaban J connectivity index is 1.84. The van der Waals surface area contributed by atoms with Gasteiger partial charge >= 0.3 is 6.18 Å². The Morgan fingerprint density at radius 2 is 1.78 bits per heavy atom. The van der Waals surface area contributed by atoms with Gasteiger partial charge < -0.3 is 14.4 Å². The van der Waals surface area contributed by atoms with Crippen molar-refractivity contribution >= 4 is 22.9 Å². The van der Waals surface area contributed by atoms with E-state index in [-0.39, 0.29) is 22.9 Å². The van der Waals surface area contributed by atoms with Crippen LogP contribution in [0, 0.1) is 0 Å². The average molecular weight is 347 g/mol. The molecule has 0 saturated carbocycles. The predicted octanol–water partition coefficient (Wildman–Crippen LogP) is 2.52. The first-order valence-electron chi connectivity index (χ1n) is 6.32. The van der Waals surface area contributed by atoms with Crippen molar-refractivity contribution in [3.8, 4) is 10.4 Å². The lowest BCUT2D eigenvalue weighted by molar-refractivity contribution is -0.153. The van der Waals surface area contributed by atoms with Crippen LogP contribution >= 0.6 is 11.3 Å². The smallest absolute Gasteiger partial charge is 0.422 e. The standard InChI is InChI=1S/C13H12F3N3O3S/c1-19(9-5-3-2-4-6-9)10(20)7-21-11-17-18-12(23-11)22-8-13(14,15)16/h2-6H,7-8H2,1H3. The number of amides is 1. The number of rotatable bonds is 6. The van der Waals surface area contributed by atoms with Crippen molar-refractivity contribution in [1.82, 2.24) is 10.2 Å². The van der Waals surface area contributed by atoms with Gasteiger partial charge in [-0.1, -0.05) is 28.4 Å². The van der Waals surface area contributed by atoms with Crippen molar-refractivity contribution in [3.63, 3.8) is 0 Å². The fraction of sp³-hybridized carbons (Fsp3) is 0.308. The highest BCUT2D eigenvalue weighted by Crippen LogP contribution is 2.26. The van der Waals surface area contributed by atoms with E-state index in [1.807, 2.05) is 6.07 Å².